The molecule has 0 atom stereocenters. The van der Waals surface area contributed by atoms with E-state index in [9.17, 15) is 8.42 Å². The van der Waals surface area contributed by atoms with Crippen LogP contribution in [0.2, 0.25) is 0 Å². The van der Waals surface area contributed by atoms with Crippen LogP contribution < -0.4 is 5.73 Å². The number of nitrogens with two attached hydrogens (primary N) is 1. The fraction of sp³-hybridized carbons (Fsp3) is 0.500. The molecule has 6 heteroatoms. The monoisotopic (exact) mass is 293 g/mol. The molecule has 108 valence electrons. The van der Waals surface area contributed by atoms with Crippen LogP contribution in [0.1, 0.15) is 24.0 Å². The van der Waals surface area contributed by atoms with Crippen LogP contribution in [-0.4, -0.2) is 32.4 Å². The summed E-state index contributed by atoms with van der Waals surface area (Å²) in [6, 6.07) is 8.78. The molecule has 0 aliphatic carbocycles. The van der Waals surface area contributed by atoms with E-state index in [0.29, 0.717) is 36.7 Å². The van der Waals surface area contributed by atoms with Crippen molar-refractivity contribution in [1.82, 2.24) is 4.31 Å². The minimum absolute atomic E-state index is 0.0458. The topological polar surface area (TPSA) is 87.2 Å². The minimum atomic E-state index is -3.31. The predicted molar refractivity (Wildman–Crippen MR) is 77.1 cm³/mol. The molecule has 20 heavy (non-hydrogen) atoms. The first-order valence-electron chi connectivity index (χ1n) is 6.72. The van der Waals surface area contributed by atoms with E-state index in [1.54, 1.807) is 24.3 Å². The fourth-order valence-electron chi connectivity index (χ4n) is 2.46. The molecule has 5 nitrogen and oxygen atoms in total. The third-order valence-electron chi connectivity index (χ3n) is 3.71. The van der Waals surface area contributed by atoms with Crippen molar-refractivity contribution in [3.8, 4) is 6.07 Å². The van der Waals surface area contributed by atoms with Crippen LogP contribution in [0, 0.1) is 17.2 Å². The molecule has 1 aliphatic rings. The third kappa shape index (κ3) is 3.57. The highest BCUT2D eigenvalue weighted by Gasteiger charge is 2.27. The quantitative estimate of drug-likeness (QED) is 0.899. The number of piperidine rings is 1. The van der Waals surface area contributed by atoms with E-state index in [0.717, 1.165) is 12.8 Å². The number of benzene rings is 1. The van der Waals surface area contributed by atoms with Gasteiger partial charge in [-0.2, -0.15) is 5.26 Å². The average Bonchev–Trinajstić information content (AvgIpc) is 2.47. The van der Waals surface area contributed by atoms with Gasteiger partial charge >= 0.3 is 0 Å². The molecule has 0 amide bonds. The predicted octanol–water partition coefficient (Wildman–Crippen LogP) is 1.06. The molecule has 0 aromatic heterocycles. The van der Waals surface area contributed by atoms with Gasteiger partial charge in [0.2, 0.25) is 10.0 Å². The fourth-order valence-corrected chi connectivity index (χ4v) is 4.01. The van der Waals surface area contributed by atoms with Gasteiger partial charge in [0.25, 0.3) is 0 Å². The maximum absolute atomic E-state index is 12.4. The van der Waals surface area contributed by atoms with Gasteiger partial charge < -0.3 is 5.73 Å². The highest BCUT2D eigenvalue weighted by Crippen LogP contribution is 2.21. The first-order valence-corrected chi connectivity index (χ1v) is 8.33. The van der Waals surface area contributed by atoms with Crippen molar-refractivity contribution in [3.63, 3.8) is 0 Å². The Morgan fingerprint density at radius 3 is 2.65 bits per heavy atom. The number of sulfonamides is 1. The van der Waals surface area contributed by atoms with E-state index in [2.05, 4.69) is 0 Å². The minimum Gasteiger partial charge on any atom is -0.330 e. The summed E-state index contributed by atoms with van der Waals surface area (Å²) >= 11 is 0. The van der Waals surface area contributed by atoms with Crippen LogP contribution >= 0.6 is 0 Å². The Morgan fingerprint density at radius 1 is 1.35 bits per heavy atom. The second-order valence-corrected chi connectivity index (χ2v) is 7.12. The molecule has 1 aromatic carbocycles. The summed E-state index contributed by atoms with van der Waals surface area (Å²) in [6.45, 7) is 1.71. The van der Waals surface area contributed by atoms with Gasteiger partial charge in [-0.05, 0) is 43.0 Å². The molecule has 1 aromatic rings. The number of nitrogens with zero attached hydrogens (tertiary/aromatic N) is 2. The maximum atomic E-state index is 12.4. The van der Waals surface area contributed by atoms with Crippen molar-refractivity contribution < 1.29 is 8.42 Å². The molecule has 1 saturated heterocycles. The molecule has 1 aliphatic heterocycles. The second-order valence-electron chi connectivity index (χ2n) is 5.15. The van der Waals surface area contributed by atoms with Gasteiger partial charge in [0.15, 0.2) is 0 Å². The summed E-state index contributed by atoms with van der Waals surface area (Å²) < 4.78 is 26.3. The lowest BCUT2D eigenvalue weighted by molar-refractivity contribution is 0.278. The van der Waals surface area contributed by atoms with E-state index in [4.69, 9.17) is 11.0 Å². The molecule has 0 saturated carbocycles. The van der Waals surface area contributed by atoms with E-state index in [1.807, 2.05) is 6.07 Å². The van der Waals surface area contributed by atoms with Crippen LogP contribution in [0.15, 0.2) is 24.3 Å². The number of hydrogen-bond donors (Lipinski definition) is 1. The van der Waals surface area contributed by atoms with Crippen LogP contribution in [0.4, 0.5) is 0 Å². The Kier molecular flexibility index (Phi) is 4.76. The normalized spacial score (nSPS) is 17.8. The summed E-state index contributed by atoms with van der Waals surface area (Å²) in [6.07, 6.45) is 1.65. The molecule has 2 N–H and O–H groups in total. The van der Waals surface area contributed by atoms with Crippen molar-refractivity contribution in [2.75, 3.05) is 19.6 Å². The maximum Gasteiger partial charge on any atom is 0.218 e. The Hall–Kier alpha value is -1.42. The molecule has 2 rings (SSSR count). The lowest BCUT2D eigenvalue weighted by Crippen LogP contribution is -2.40. The smallest absolute Gasteiger partial charge is 0.218 e. The van der Waals surface area contributed by atoms with E-state index < -0.39 is 10.0 Å². The average molecular weight is 293 g/mol. The van der Waals surface area contributed by atoms with Gasteiger partial charge in [0.05, 0.1) is 17.4 Å². The Balaban J connectivity index is 2.06. The molecule has 1 heterocycles. The van der Waals surface area contributed by atoms with Crippen LogP contribution in [0.5, 0.6) is 0 Å². The Bertz CT molecular complexity index is 599. The summed E-state index contributed by atoms with van der Waals surface area (Å²) in [5, 5.41) is 8.84. The van der Waals surface area contributed by atoms with E-state index in [1.165, 1.54) is 4.31 Å². The molecule has 0 unspecified atom stereocenters. The van der Waals surface area contributed by atoms with E-state index in [-0.39, 0.29) is 5.75 Å². The van der Waals surface area contributed by atoms with Gasteiger partial charge in [-0.1, -0.05) is 12.1 Å². The zero-order chi connectivity index (χ0) is 14.6. The Morgan fingerprint density at radius 2 is 2.05 bits per heavy atom. The van der Waals surface area contributed by atoms with Crippen molar-refractivity contribution in [3.05, 3.63) is 35.4 Å². The van der Waals surface area contributed by atoms with Gasteiger partial charge in [-0.25, -0.2) is 12.7 Å². The highest BCUT2D eigenvalue weighted by molar-refractivity contribution is 7.88. The molecule has 0 spiro atoms. The summed E-state index contributed by atoms with van der Waals surface area (Å²) in [5.74, 6) is 0.388. The molecular weight excluding hydrogens is 274 g/mol. The number of rotatable bonds is 4. The lowest BCUT2D eigenvalue weighted by Gasteiger charge is -2.30. The first kappa shape index (κ1) is 15.0. The largest absolute Gasteiger partial charge is 0.330 e. The first-order chi connectivity index (χ1) is 9.55. The molecular formula is C14H19N3O2S. The lowest BCUT2D eigenvalue weighted by atomic mass is 9.99. The number of hydrogen-bond acceptors (Lipinski definition) is 4. The molecule has 0 bridgehead atoms. The number of nitriles is 1. The van der Waals surface area contributed by atoms with Crippen LogP contribution in [0.3, 0.4) is 0 Å². The third-order valence-corrected chi connectivity index (χ3v) is 5.56. The summed E-state index contributed by atoms with van der Waals surface area (Å²) in [7, 11) is -3.31. The van der Waals surface area contributed by atoms with Gasteiger partial charge in [0, 0.05) is 13.1 Å². The molecule has 1 fully saturated rings. The zero-order valence-electron chi connectivity index (χ0n) is 11.3. The van der Waals surface area contributed by atoms with Crippen molar-refractivity contribution >= 4 is 10.0 Å². The summed E-state index contributed by atoms with van der Waals surface area (Å²) in [4.78, 5) is 0. The summed E-state index contributed by atoms with van der Waals surface area (Å²) in [5.41, 5.74) is 6.76. The van der Waals surface area contributed by atoms with E-state index >= 15 is 0 Å². The molecule has 0 radical (unpaired) electrons. The standard InChI is InChI=1S/C14H19N3O2S/c15-9-12-4-6-17(7-5-12)20(18,19)11-14-3-1-2-13(8-14)10-16/h1-3,8,12H,4-7,9,11,15H2. The van der Waals surface area contributed by atoms with Crippen molar-refractivity contribution in [1.29, 1.82) is 5.26 Å². The van der Waals surface area contributed by atoms with Gasteiger partial charge in [-0.3, -0.25) is 0 Å². The van der Waals surface area contributed by atoms with Crippen LogP contribution in [0.25, 0.3) is 0 Å². The Labute approximate surface area is 120 Å². The highest BCUT2D eigenvalue weighted by atomic mass is 32.2. The van der Waals surface area contributed by atoms with Crippen molar-refractivity contribution in [2.45, 2.75) is 18.6 Å². The van der Waals surface area contributed by atoms with Gasteiger partial charge in [0.1, 0.15) is 0 Å². The van der Waals surface area contributed by atoms with Crippen molar-refractivity contribution in [2.24, 2.45) is 11.7 Å². The SMILES string of the molecule is N#Cc1cccc(CS(=O)(=O)N2CCC(CN)CC2)c1. The zero-order valence-corrected chi connectivity index (χ0v) is 12.1. The van der Waals surface area contributed by atoms with Gasteiger partial charge in [-0.15, -0.1) is 0 Å². The van der Waals surface area contributed by atoms with Crippen LogP contribution in [-0.2, 0) is 15.8 Å². The second kappa shape index (κ2) is 6.35.